The molecule has 96 valence electrons. The highest BCUT2D eigenvalue weighted by Gasteiger charge is 2.31. The molecule has 1 rings (SSSR count). The Morgan fingerprint density at radius 1 is 1.53 bits per heavy atom. The maximum Gasteiger partial charge on any atom is 0.408 e. The third-order valence-electron chi connectivity index (χ3n) is 1.76. The molecule has 0 atom stereocenters. The summed E-state index contributed by atoms with van der Waals surface area (Å²) in [6, 6.07) is 0. The van der Waals surface area contributed by atoms with Gasteiger partial charge < -0.3 is 4.74 Å². The maximum atomic E-state index is 12.2. The first-order valence-electron chi connectivity index (χ1n) is 4.61. The molecule has 17 heavy (non-hydrogen) atoms. The number of nitrogens with zero attached hydrogens (tertiary/aromatic N) is 3. The standard InChI is InChI=1S/C8H9ClF3N3O2/c1-2-17-7(16)6-5(3-9)15(14-13-6)4-8(10,11)12/h2-4H2,1H3. The van der Waals surface area contributed by atoms with Gasteiger partial charge in [0.25, 0.3) is 0 Å². The van der Waals surface area contributed by atoms with Crippen molar-refractivity contribution in [1.29, 1.82) is 0 Å². The van der Waals surface area contributed by atoms with Crippen molar-refractivity contribution >= 4 is 17.6 Å². The van der Waals surface area contributed by atoms with E-state index in [1.807, 2.05) is 0 Å². The smallest absolute Gasteiger partial charge is 0.408 e. The number of carbonyl (C=O) groups is 1. The first-order valence-corrected chi connectivity index (χ1v) is 5.14. The summed E-state index contributed by atoms with van der Waals surface area (Å²) in [5.74, 6) is -1.14. The summed E-state index contributed by atoms with van der Waals surface area (Å²) in [6.45, 7) is 0.312. The van der Waals surface area contributed by atoms with Crippen molar-refractivity contribution in [2.45, 2.75) is 25.5 Å². The Morgan fingerprint density at radius 3 is 2.65 bits per heavy atom. The van der Waals surface area contributed by atoms with Crippen LogP contribution in [0.25, 0.3) is 0 Å². The topological polar surface area (TPSA) is 57.0 Å². The number of esters is 1. The lowest BCUT2D eigenvalue weighted by Gasteiger charge is -2.08. The van der Waals surface area contributed by atoms with Gasteiger partial charge in [0, 0.05) is 0 Å². The first kappa shape index (κ1) is 13.8. The molecule has 0 amide bonds. The van der Waals surface area contributed by atoms with Crippen LogP contribution in [0.2, 0.25) is 0 Å². The Morgan fingerprint density at radius 2 is 2.18 bits per heavy atom. The number of hydrogen-bond donors (Lipinski definition) is 0. The number of hydrogen-bond acceptors (Lipinski definition) is 4. The molecule has 0 saturated carbocycles. The second-order valence-electron chi connectivity index (χ2n) is 3.01. The van der Waals surface area contributed by atoms with Crippen LogP contribution in [0.1, 0.15) is 23.1 Å². The van der Waals surface area contributed by atoms with Crippen molar-refractivity contribution in [3.05, 3.63) is 11.4 Å². The molecule has 0 radical (unpaired) electrons. The quantitative estimate of drug-likeness (QED) is 0.618. The summed E-state index contributed by atoms with van der Waals surface area (Å²) in [5, 5.41) is 6.58. The summed E-state index contributed by atoms with van der Waals surface area (Å²) in [6.07, 6.45) is -4.46. The number of carbonyl (C=O) groups excluding carboxylic acids is 1. The average Bonchev–Trinajstić information content (AvgIpc) is 2.58. The Kier molecular flexibility index (Phi) is 4.33. The molecule has 0 N–H and O–H groups in total. The van der Waals surface area contributed by atoms with Gasteiger partial charge in [0.05, 0.1) is 18.2 Å². The minimum Gasteiger partial charge on any atom is -0.461 e. The molecular weight excluding hydrogens is 263 g/mol. The molecule has 0 bridgehead atoms. The van der Waals surface area contributed by atoms with Crippen LogP contribution in [-0.2, 0) is 17.2 Å². The van der Waals surface area contributed by atoms with Gasteiger partial charge in [-0.1, -0.05) is 5.21 Å². The van der Waals surface area contributed by atoms with E-state index in [1.165, 1.54) is 0 Å². The van der Waals surface area contributed by atoms with Gasteiger partial charge in [-0.25, -0.2) is 9.48 Å². The van der Waals surface area contributed by atoms with E-state index in [0.29, 0.717) is 4.68 Å². The van der Waals surface area contributed by atoms with E-state index >= 15 is 0 Å². The van der Waals surface area contributed by atoms with Crippen LogP contribution in [0.15, 0.2) is 0 Å². The van der Waals surface area contributed by atoms with Gasteiger partial charge in [-0.05, 0) is 6.92 Å². The van der Waals surface area contributed by atoms with Crippen LogP contribution in [0.5, 0.6) is 0 Å². The van der Waals surface area contributed by atoms with E-state index < -0.39 is 18.7 Å². The molecule has 1 heterocycles. The molecule has 1 aromatic rings. The summed E-state index contributed by atoms with van der Waals surface area (Å²) in [4.78, 5) is 11.3. The van der Waals surface area contributed by atoms with E-state index in [0.717, 1.165) is 0 Å². The molecule has 0 spiro atoms. The fraction of sp³-hybridized carbons (Fsp3) is 0.625. The average molecular weight is 272 g/mol. The molecule has 5 nitrogen and oxygen atoms in total. The third-order valence-corrected chi connectivity index (χ3v) is 2.02. The highest BCUT2D eigenvalue weighted by Crippen LogP contribution is 2.20. The van der Waals surface area contributed by atoms with E-state index in [4.69, 9.17) is 11.6 Å². The largest absolute Gasteiger partial charge is 0.461 e. The van der Waals surface area contributed by atoms with Crippen LogP contribution in [0.3, 0.4) is 0 Å². The lowest BCUT2D eigenvalue weighted by atomic mass is 10.3. The van der Waals surface area contributed by atoms with Crippen molar-refractivity contribution in [2.75, 3.05) is 6.61 Å². The van der Waals surface area contributed by atoms with Gasteiger partial charge in [0.2, 0.25) is 0 Å². The van der Waals surface area contributed by atoms with Crippen LogP contribution in [0, 0.1) is 0 Å². The molecule has 0 fully saturated rings. The Bertz CT molecular complexity index is 405. The zero-order valence-electron chi connectivity index (χ0n) is 8.79. The van der Waals surface area contributed by atoms with Crippen LogP contribution >= 0.6 is 11.6 Å². The predicted octanol–water partition coefficient (Wildman–Crippen LogP) is 1.76. The summed E-state index contributed by atoms with van der Waals surface area (Å²) >= 11 is 5.48. The maximum absolute atomic E-state index is 12.2. The lowest BCUT2D eigenvalue weighted by Crippen LogP contribution is -2.20. The Hall–Kier alpha value is -1.31. The molecule has 0 aromatic carbocycles. The van der Waals surface area contributed by atoms with Gasteiger partial charge in [-0.2, -0.15) is 13.2 Å². The van der Waals surface area contributed by atoms with Crippen LogP contribution in [0.4, 0.5) is 13.2 Å². The number of ether oxygens (including phenoxy) is 1. The van der Waals surface area contributed by atoms with Crippen molar-refractivity contribution in [1.82, 2.24) is 15.0 Å². The Labute approximate surface area is 99.5 Å². The van der Waals surface area contributed by atoms with Gasteiger partial charge in [-0.15, -0.1) is 16.7 Å². The Balaban J connectivity index is 2.99. The predicted molar refractivity (Wildman–Crippen MR) is 51.6 cm³/mol. The number of alkyl halides is 4. The normalized spacial score (nSPS) is 11.6. The molecule has 0 unspecified atom stereocenters. The lowest BCUT2D eigenvalue weighted by molar-refractivity contribution is -0.143. The molecule has 9 heteroatoms. The van der Waals surface area contributed by atoms with Gasteiger partial charge in [-0.3, -0.25) is 0 Å². The van der Waals surface area contributed by atoms with E-state index in [2.05, 4.69) is 15.0 Å². The number of rotatable bonds is 4. The van der Waals surface area contributed by atoms with Gasteiger partial charge >= 0.3 is 12.1 Å². The zero-order valence-corrected chi connectivity index (χ0v) is 9.55. The van der Waals surface area contributed by atoms with Crippen molar-refractivity contribution in [2.24, 2.45) is 0 Å². The van der Waals surface area contributed by atoms with E-state index in [1.54, 1.807) is 6.92 Å². The fourth-order valence-electron chi connectivity index (χ4n) is 1.12. The molecule has 0 aliphatic carbocycles. The number of aromatic nitrogens is 3. The molecule has 0 aliphatic rings. The zero-order chi connectivity index (χ0) is 13.1. The third kappa shape index (κ3) is 3.58. The molecular formula is C8H9ClF3N3O2. The molecule has 0 aliphatic heterocycles. The fourth-order valence-corrected chi connectivity index (χ4v) is 1.38. The summed E-state index contributed by atoms with van der Waals surface area (Å²) in [5.41, 5.74) is -0.395. The van der Waals surface area contributed by atoms with Crippen LogP contribution < -0.4 is 0 Å². The second-order valence-corrected chi connectivity index (χ2v) is 3.28. The highest BCUT2D eigenvalue weighted by atomic mass is 35.5. The SMILES string of the molecule is CCOC(=O)c1nnn(CC(F)(F)F)c1CCl. The van der Waals surface area contributed by atoms with Gasteiger partial charge in [0.15, 0.2) is 5.69 Å². The number of halogens is 4. The van der Waals surface area contributed by atoms with E-state index in [9.17, 15) is 18.0 Å². The minimum atomic E-state index is -4.46. The van der Waals surface area contributed by atoms with Gasteiger partial charge in [0.1, 0.15) is 6.54 Å². The summed E-state index contributed by atoms with van der Waals surface area (Å²) in [7, 11) is 0. The first-order chi connectivity index (χ1) is 7.89. The monoisotopic (exact) mass is 271 g/mol. The highest BCUT2D eigenvalue weighted by molar-refractivity contribution is 6.17. The molecule has 1 aromatic heterocycles. The van der Waals surface area contributed by atoms with Crippen LogP contribution in [-0.4, -0.2) is 33.7 Å². The van der Waals surface area contributed by atoms with Crippen molar-refractivity contribution in [3.8, 4) is 0 Å². The van der Waals surface area contributed by atoms with Crippen molar-refractivity contribution < 1.29 is 22.7 Å². The van der Waals surface area contributed by atoms with E-state index in [-0.39, 0.29) is 23.9 Å². The summed E-state index contributed by atoms with van der Waals surface area (Å²) < 4.78 is 41.7. The molecule has 0 saturated heterocycles. The second kappa shape index (κ2) is 5.35. The van der Waals surface area contributed by atoms with Crippen molar-refractivity contribution in [3.63, 3.8) is 0 Å². The minimum absolute atomic E-state index is 0.0900.